The Kier molecular flexibility index (Phi) is 3.92. The maximum absolute atomic E-state index is 5.87. The molecule has 2 nitrogen and oxygen atoms in total. The van der Waals surface area contributed by atoms with E-state index < -0.39 is 0 Å². The lowest BCUT2D eigenvalue weighted by molar-refractivity contribution is -0.112. The van der Waals surface area contributed by atoms with Crippen LogP contribution in [0, 0.1) is 23.2 Å². The van der Waals surface area contributed by atoms with E-state index in [9.17, 15) is 0 Å². The second kappa shape index (κ2) is 5.37. The number of ether oxygens (including phenoxy) is 1. The van der Waals surface area contributed by atoms with Gasteiger partial charge < -0.3 is 10.1 Å². The van der Waals surface area contributed by atoms with Crippen LogP contribution in [-0.2, 0) is 4.74 Å². The molecule has 0 aromatic carbocycles. The first-order valence-corrected chi connectivity index (χ1v) is 8.44. The van der Waals surface area contributed by atoms with Crippen molar-refractivity contribution in [3.63, 3.8) is 0 Å². The minimum absolute atomic E-state index is 0.348. The lowest BCUT2D eigenvalue weighted by Gasteiger charge is -2.55. The Morgan fingerprint density at radius 3 is 2.84 bits per heavy atom. The molecule has 3 rings (SSSR count). The average Bonchev–Trinajstić information content (AvgIpc) is 2.81. The topological polar surface area (TPSA) is 21.3 Å². The van der Waals surface area contributed by atoms with Gasteiger partial charge in [0.25, 0.3) is 0 Å². The van der Waals surface area contributed by atoms with Crippen molar-refractivity contribution in [2.75, 3.05) is 13.2 Å². The second-order valence-corrected chi connectivity index (χ2v) is 7.92. The Labute approximate surface area is 118 Å². The summed E-state index contributed by atoms with van der Waals surface area (Å²) in [5.74, 6) is 2.74. The normalized spacial score (nSPS) is 44.7. The zero-order valence-corrected chi connectivity index (χ0v) is 13.0. The van der Waals surface area contributed by atoms with Crippen molar-refractivity contribution in [1.82, 2.24) is 5.32 Å². The van der Waals surface area contributed by atoms with Crippen molar-refractivity contribution in [2.45, 2.75) is 71.4 Å². The predicted octanol–water partition coefficient (Wildman–Crippen LogP) is 3.61. The van der Waals surface area contributed by atoms with Gasteiger partial charge >= 0.3 is 0 Å². The summed E-state index contributed by atoms with van der Waals surface area (Å²) >= 11 is 0. The Balaban J connectivity index is 1.43. The maximum atomic E-state index is 5.87. The Morgan fingerprint density at radius 2 is 2.05 bits per heavy atom. The minimum Gasteiger partial charge on any atom is -0.377 e. The molecule has 1 saturated heterocycles. The van der Waals surface area contributed by atoms with Crippen LogP contribution in [0.15, 0.2) is 0 Å². The van der Waals surface area contributed by atoms with E-state index in [1.54, 1.807) is 0 Å². The van der Waals surface area contributed by atoms with Gasteiger partial charge in [-0.1, -0.05) is 40.0 Å². The third-order valence-electron chi connectivity index (χ3n) is 6.06. The SMILES string of the molecule is CC1CCCC(CCNC2C3CCOC3C2(C)C)C1. The van der Waals surface area contributed by atoms with Crippen LogP contribution in [-0.4, -0.2) is 25.3 Å². The van der Waals surface area contributed by atoms with E-state index in [0.717, 1.165) is 24.4 Å². The number of nitrogens with one attached hydrogen (secondary N) is 1. The van der Waals surface area contributed by atoms with Gasteiger partial charge in [0.15, 0.2) is 0 Å². The Bertz CT molecular complexity index is 314. The van der Waals surface area contributed by atoms with Crippen LogP contribution >= 0.6 is 0 Å². The first kappa shape index (κ1) is 13.9. The summed E-state index contributed by atoms with van der Waals surface area (Å²) in [5.41, 5.74) is 0.348. The molecule has 0 aromatic heterocycles. The minimum atomic E-state index is 0.348. The monoisotopic (exact) mass is 265 g/mol. The Hall–Kier alpha value is -0.0800. The molecule has 19 heavy (non-hydrogen) atoms. The van der Waals surface area contributed by atoms with Gasteiger partial charge in [-0.3, -0.25) is 0 Å². The van der Waals surface area contributed by atoms with Gasteiger partial charge in [0.1, 0.15) is 0 Å². The van der Waals surface area contributed by atoms with E-state index in [0.29, 0.717) is 17.6 Å². The molecule has 2 saturated carbocycles. The number of fused-ring (bicyclic) bond motifs is 1. The average molecular weight is 265 g/mol. The van der Waals surface area contributed by atoms with Crippen molar-refractivity contribution < 1.29 is 4.74 Å². The van der Waals surface area contributed by atoms with Crippen LogP contribution in [0.1, 0.15) is 59.3 Å². The molecule has 5 unspecified atom stereocenters. The zero-order valence-electron chi connectivity index (χ0n) is 13.0. The van der Waals surface area contributed by atoms with E-state index in [-0.39, 0.29) is 0 Å². The van der Waals surface area contributed by atoms with Crippen molar-refractivity contribution in [2.24, 2.45) is 23.2 Å². The number of hydrogen-bond acceptors (Lipinski definition) is 2. The molecule has 5 atom stereocenters. The van der Waals surface area contributed by atoms with Gasteiger partial charge in [0.2, 0.25) is 0 Å². The van der Waals surface area contributed by atoms with Gasteiger partial charge in [-0.2, -0.15) is 0 Å². The summed E-state index contributed by atoms with van der Waals surface area (Å²) in [6.45, 7) is 9.38. The summed E-state index contributed by atoms with van der Waals surface area (Å²) in [6.07, 6.45) is 9.03. The molecular weight excluding hydrogens is 234 g/mol. The van der Waals surface area contributed by atoms with Crippen molar-refractivity contribution in [3.8, 4) is 0 Å². The lowest BCUT2D eigenvalue weighted by atomic mass is 9.57. The molecule has 0 spiro atoms. The van der Waals surface area contributed by atoms with Gasteiger partial charge in [0, 0.05) is 24.0 Å². The highest BCUT2D eigenvalue weighted by Crippen LogP contribution is 2.52. The van der Waals surface area contributed by atoms with Crippen LogP contribution < -0.4 is 5.32 Å². The first-order chi connectivity index (χ1) is 9.09. The van der Waals surface area contributed by atoms with Gasteiger partial charge in [-0.15, -0.1) is 0 Å². The van der Waals surface area contributed by atoms with Crippen LogP contribution in [0.4, 0.5) is 0 Å². The molecule has 2 heteroatoms. The van der Waals surface area contributed by atoms with Crippen LogP contribution in [0.2, 0.25) is 0 Å². The van der Waals surface area contributed by atoms with E-state index in [1.165, 1.54) is 45.1 Å². The fraction of sp³-hybridized carbons (Fsp3) is 1.00. The van der Waals surface area contributed by atoms with Crippen LogP contribution in [0.5, 0.6) is 0 Å². The Morgan fingerprint density at radius 1 is 1.21 bits per heavy atom. The van der Waals surface area contributed by atoms with Crippen molar-refractivity contribution in [3.05, 3.63) is 0 Å². The van der Waals surface area contributed by atoms with Gasteiger partial charge in [-0.05, 0) is 37.6 Å². The largest absolute Gasteiger partial charge is 0.377 e. The summed E-state index contributed by atoms with van der Waals surface area (Å²) in [5, 5.41) is 3.86. The molecule has 0 bridgehead atoms. The molecule has 3 aliphatic rings. The van der Waals surface area contributed by atoms with Gasteiger partial charge in [-0.25, -0.2) is 0 Å². The molecular formula is C17H31NO. The van der Waals surface area contributed by atoms with Gasteiger partial charge in [0.05, 0.1) is 6.10 Å². The zero-order chi connectivity index (χ0) is 13.5. The second-order valence-electron chi connectivity index (χ2n) is 7.92. The van der Waals surface area contributed by atoms with Crippen LogP contribution in [0.25, 0.3) is 0 Å². The van der Waals surface area contributed by atoms with E-state index in [4.69, 9.17) is 4.74 Å². The molecule has 1 N–H and O–H groups in total. The summed E-state index contributed by atoms with van der Waals surface area (Å²) < 4.78 is 5.87. The fourth-order valence-electron chi connectivity index (χ4n) is 5.00. The highest BCUT2D eigenvalue weighted by molar-refractivity contribution is 5.11. The third kappa shape index (κ3) is 2.58. The summed E-state index contributed by atoms with van der Waals surface area (Å²) in [4.78, 5) is 0. The number of rotatable bonds is 4. The molecule has 3 fully saturated rings. The molecule has 1 heterocycles. The highest BCUT2D eigenvalue weighted by atomic mass is 16.5. The molecule has 1 aliphatic heterocycles. The molecule has 2 aliphatic carbocycles. The van der Waals surface area contributed by atoms with Crippen molar-refractivity contribution >= 4 is 0 Å². The van der Waals surface area contributed by atoms with E-state index >= 15 is 0 Å². The maximum Gasteiger partial charge on any atom is 0.0685 e. The molecule has 0 aromatic rings. The lowest BCUT2D eigenvalue weighted by Crippen LogP contribution is -2.65. The van der Waals surface area contributed by atoms with E-state index in [2.05, 4.69) is 26.1 Å². The first-order valence-electron chi connectivity index (χ1n) is 8.44. The summed E-state index contributed by atoms with van der Waals surface area (Å²) in [7, 11) is 0. The standard InChI is InChI=1S/C17H31NO/c1-12-5-4-6-13(11-12)7-9-18-15-14-8-10-19-16(14)17(15,2)3/h12-16,18H,4-11H2,1-3H3. The van der Waals surface area contributed by atoms with E-state index in [1.807, 2.05) is 0 Å². The molecule has 110 valence electrons. The number of hydrogen-bond donors (Lipinski definition) is 1. The predicted molar refractivity (Wildman–Crippen MR) is 79.2 cm³/mol. The summed E-state index contributed by atoms with van der Waals surface area (Å²) in [6, 6.07) is 0.695. The third-order valence-corrected chi connectivity index (χ3v) is 6.06. The quantitative estimate of drug-likeness (QED) is 0.838. The fourth-order valence-corrected chi connectivity index (χ4v) is 5.00. The molecule has 0 radical (unpaired) electrons. The highest BCUT2D eigenvalue weighted by Gasteiger charge is 2.58. The van der Waals surface area contributed by atoms with Crippen LogP contribution in [0.3, 0.4) is 0 Å². The molecule has 0 amide bonds. The smallest absolute Gasteiger partial charge is 0.0685 e. The van der Waals surface area contributed by atoms with Crippen molar-refractivity contribution in [1.29, 1.82) is 0 Å².